The number of hydrogen-bond acceptors (Lipinski definition) is 4. The second-order valence-corrected chi connectivity index (χ2v) is 7.35. The monoisotopic (exact) mass is 393 g/mol. The van der Waals surface area contributed by atoms with Crippen LogP contribution in [0.25, 0.3) is 0 Å². The highest BCUT2D eigenvalue weighted by molar-refractivity contribution is 7.99. The highest BCUT2D eigenvalue weighted by Crippen LogP contribution is 2.25. The molecule has 0 aromatic heterocycles. The summed E-state index contributed by atoms with van der Waals surface area (Å²) >= 11 is 1.37. The van der Waals surface area contributed by atoms with Crippen molar-refractivity contribution in [3.05, 3.63) is 30.1 Å². The van der Waals surface area contributed by atoms with E-state index in [1.54, 1.807) is 19.1 Å². The van der Waals surface area contributed by atoms with Gasteiger partial charge >= 0.3 is 6.18 Å². The van der Waals surface area contributed by atoms with Crippen LogP contribution in [0, 0.1) is 11.7 Å². The van der Waals surface area contributed by atoms with E-state index in [-0.39, 0.29) is 5.82 Å². The number of halogens is 4. The van der Waals surface area contributed by atoms with E-state index in [0.29, 0.717) is 31.9 Å². The smallest absolute Gasteiger partial charge is 0.354 e. The first-order valence-electron chi connectivity index (χ1n) is 8.45. The van der Waals surface area contributed by atoms with Gasteiger partial charge in [-0.05, 0) is 24.3 Å². The molecule has 9 heteroatoms. The first kappa shape index (κ1) is 21.0. The summed E-state index contributed by atoms with van der Waals surface area (Å²) < 4.78 is 52.8. The van der Waals surface area contributed by atoms with Gasteiger partial charge in [0.05, 0.1) is 0 Å². The Kier molecular flexibility index (Phi) is 7.72. The number of alkyl halides is 3. The SMILES string of the molecule is CC(CSc1ccc(F)cc1)C(=O)NCC(N1CCNCC1)C(F)(F)F. The first-order valence-corrected chi connectivity index (χ1v) is 9.43. The largest absolute Gasteiger partial charge is 0.405 e. The predicted octanol–water partition coefficient (Wildman–Crippen LogP) is 2.51. The fourth-order valence-electron chi connectivity index (χ4n) is 2.64. The Hall–Kier alpha value is -1.32. The van der Waals surface area contributed by atoms with Crippen LogP contribution in [0.3, 0.4) is 0 Å². The van der Waals surface area contributed by atoms with Gasteiger partial charge in [-0.1, -0.05) is 6.92 Å². The van der Waals surface area contributed by atoms with Crippen LogP contribution in [0.15, 0.2) is 29.2 Å². The summed E-state index contributed by atoms with van der Waals surface area (Å²) in [5, 5.41) is 5.45. The molecule has 0 saturated carbocycles. The van der Waals surface area contributed by atoms with Crippen LogP contribution in [-0.2, 0) is 4.79 Å². The molecule has 146 valence electrons. The van der Waals surface area contributed by atoms with Gasteiger partial charge in [-0.3, -0.25) is 9.69 Å². The average Bonchev–Trinajstić information content (AvgIpc) is 2.60. The third kappa shape index (κ3) is 6.44. The lowest BCUT2D eigenvalue weighted by Gasteiger charge is -2.36. The molecule has 0 aliphatic carbocycles. The Labute approximate surface area is 154 Å². The van der Waals surface area contributed by atoms with E-state index < -0.39 is 30.6 Å². The molecule has 1 aromatic carbocycles. The summed E-state index contributed by atoms with van der Waals surface area (Å²) in [6.07, 6.45) is -4.39. The molecular formula is C17H23F4N3OS. The van der Waals surface area contributed by atoms with Gasteiger partial charge in [-0.15, -0.1) is 11.8 Å². The van der Waals surface area contributed by atoms with Crippen molar-refractivity contribution in [2.45, 2.75) is 24.0 Å². The molecule has 0 radical (unpaired) electrons. The Morgan fingerprint density at radius 2 is 1.88 bits per heavy atom. The summed E-state index contributed by atoms with van der Waals surface area (Å²) in [6, 6.07) is 4.19. The normalized spacial score (nSPS) is 18.3. The maximum atomic E-state index is 13.3. The Bertz CT molecular complexity index is 576. The minimum absolute atomic E-state index is 0.302. The molecule has 1 aromatic rings. The Morgan fingerprint density at radius 3 is 2.46 bits per heavy atom. The average molecular weight is 393 g/mol. The highest BCUT2D eigenvalue weighted by atomic mass is 32.2. The van der Waals surface area contributed by atoms with Crippen molar-refractivity contribution >= 4 is 17.7 Å². The Morgan fingerprint density at radius 1 is 1.27 bits per heavy atom. The quantitative estimate of drug-likeness (QED) is 0.552. The zero-order valence-corrected chi connectivity index (χ0v) is 15.3. The molecule has 1 saturated heterocycles. The van der Waals surface area contributed by atoms with Crippen LogP contribution in [0.1, 0.15) is 6.92 Å². The molecule has 1 amide bonds. The van der Waals surface area contributed by atoms with Crippen LogP contribution in [0.5, 0.6) is 0 Å². The summed E-state index contributed by atoms with van der Waals surface area (Å²) in [5.74, 6) is -0.806. The second-order valence-electron chi connectivity index (χ2n) is 6.25. The maximum Gasteiger partial charge on any atom is 0.405 e. The van der Waals surface area contributed by atoms with Crippen LogP contribution < -0.4 is 10.6 Å². The zero-order chi connectivity index (χ0) is 19.2. The van der Waals surface area contributed by atoms with E-state index in [2.05, 4.69) is 10.6 Å². The number of thioether (sulfide) groups is 1. The van der Waals surface area contributed by atoms with E-state index in [9.17, 15) is 22.4 Å². The molecular weight excluding hydrogens is 370 g/mol. The van der Waals surface area contributed by atoms with Gasteiger partial charge in [-0.2, -0.15) is 13.2 Å². The van der Waals surface area contributed by atoms with Crippen molar-refractivity contribution in [2.75, 3.05) is 38.5 Å². The molecule has 4 nitrogen and oxygen atoms in total. The fourth-order valence-corrected chi connectivity index (χ4v) is 3.57. The number of carbonyl (C=O) groups excluding carboxylic acids is 1. The van der Waals surface area contributed by atoms with Crippen molar-refractivity contribution in [3.8, 4) is 0 Å². The highest BCUT2D eigenvalue weighted by Gasteiger charge is 2.43. The molecule has 2 atom stereocenters. The topological polar surface area (TPSA) is 44.4 Å². The van der Waals surface area contributed by atoms with Crippen LogP contribution in [0.2, 0.25) is 0 Å². The first-order chi connectivity index (χ1) is 12.3. The molecule has 2 rings (SSSR count). The molecule has 2 unspecified atom stereocenters. The number of hydrogen-bond donors (Lipinski definition) is 2. The number of piperazine rings is 1. The fraction of sp³-hybridized carbons (Fsp3) is 0.588. The van der Waals surface area contributed by atoms with Gasteiger partial charge in [0, 0.05) is 49.3 Å². The molecule has 1 aliphatic rings. The van der Waals surface area contributed by atoms with Gasteiger partial charge in [0.2, 0.25) is 5.91 Å². The van der Waals surface area contributed by atoms with Gasteiger partial charge in [0.15, 0.2) is 0 Å². The number of amides is 1. The van der Waals surface area contributed by atoms with Gasteiger partial charge < -0.3 is 10.6 Å². The van der Waals surface area contributed by atoms with Crippen LogP contribution in [0.4, 0.5) is 17.6 Å². The summed E-state index contributed by atoms with van der Waals surface area (Å²) in [6.45, 7) is 2.83. The molecule has 26 heavy (non-hydrogen) atoms. The van der Waals surface area contributed by atoms with Gasteiger partial charge in [0.1, 0.15) is 11.9 Å². The predicted molar refractivity (Wildman–Crippen MR) is 93.6 cm³/mol. The van der Waals surface area contributed by atoms with E-state index >= 15 is 0 Å². The van der Waals surface area contributed by atoms with Crippen molar-refractivity contribution in [1.82, 2.24) is 15.5 Å². The molecule has 1 fully saturated rings. The molecule has 0 bridgehead atoms. The van der Waals surface area contributed by atoms with Crippen LogP contribution >= 0.6 is 11.8 Å². The molecule has 2 N–H and O–H groups in total. The van der Waals surface area contributed by atoms with Gasteiger partial charge in [-0.25, -0.2) is 4.39 Å². The molecule has 1 heterocycles. The van der Waals surface area contributed by atoms with E-state index in [4.69, 9.17) is 0 Å². The second kappa shape index (κ2) is 9.57. The number of carbonyl (C=O) groups is 1. The minimum Gasteiger partial charge on any atom is -0.354 e. The minimum atomic E-state index is -4.39. The van der Waals surface area contributed by atoms with Crippen LogP contribution in [-0.4, -0.2) is 61.5 Å². The zero-order valence-electron chi connectivity index (χ0n) is 14.5. The molecule has 1 aliphatic heterocycles. The number of rotatable bonds is 7. The third-order valence-electron chi connectivity index (χ3n) is 4.20. The number of nitrogens with zero attached hydrogens (tertiary/aromatic N) is 1. The van der Waals surface area contributed by atoms with E-state index in [1.165, 1.54) is 28.8 Å². The third-order valence-corrected chi connectivity index (χ3v) is 5.47. The lowest BCUT2D eigenvalue weighted by Crippen LogP contribution is -2.57. The van der Waals surface area contributed by atoms with Crippen molar-refractivity contribution in [2.24, 2.45) is 5.92 Å². The lowest BCUT2D eigenvalue weighted by atomic mass is 10.1. The van der Waals surface area contributed by atoms with Crippen molar-refractivity contribution < 1.29 is 22.4 Å². The number of nitrogens with one attached hydrogen (secondary N) is 2. The molecule has 0 spiro atoms. The van der Waals surface area contributed by atoms with E-state index in [1.807, 2.05) is 0 Å². The van der Waals surface area contributed by atoms with Crippen molar-refractivity contribution in [3.63, 3.8) is 0 Å². The van der Waals surface area contributed by atoms with Gasteiger partial charge in [0.25, 0.3) is 0 Å². The standard InChI is InChI=1S/C17H23F4N3OS/c1-12(11-26-14-4-2-13(18)3-5-14)16(25)23-10-15(17(19,20)21)24-8-6-22-7-9-24/h2-5,12,15,22H,6-11H2,1H3,(H,23,25). The van der Waals surface area contributed by atoms with Crippen molar-refractivity contribution in [1.29, 1.82) is 0 Å². The summed E-state index contributed by atoms with van der Waals surface area (Å²) in [5.41, 5.74) is 0. The Balaban J connectivity index is 1.83. The summed E-state index contributed by atoms with van der Waals surface area (Å²) in [4.78, 5) is 14.3. The maximum absolute atomic E-state index is 13.3. The summed E-state index contributed by atoms with van der Waals surface area (Å²) in [7, 11) is 0. The number of benzene rings is 1. The van der Waals surface area contributed by atoms with E-state index in [0.717, 1.165) is 4.90 Å². The lowest BCUT2D eigenvalue weighted by molar-refractivity contribution is -0.184.